The predicted molar refractivity (Wildman–Crippen MR) is 131 cm³/mol. The molecule has 0 radical (unpaired) electrons. The van der Waals surface area contributed by atoms with Gasteiger partial charge in [0.25, 0.3) is 0 Å². The summed E-state index contributed by atoms with van der Waals surface area (Å²) < 4.78 is 0. The first-order chi connectivity index (χ1) is 15.7. The van der Waals surface area contributed by atoms with Crippen molar-refractivity contribution < 1.29 is 4.79 Å². The van der Waals surface area contributed by atoms with Gasteiger partial charge in [0.1, 0.15) is 5.82 Å². The molecular weight excluding hydrogens is 396 g/mol. The number of hydrogen-bond donors (Lipinski definition) is 1. The van der Waals surface area contributed by atoms with Crippen LogP contribution < -0.4 is 10.2 Å². The Labute approximate surface area is 189 Å². The molecule has 0 bridgehead atoms. The molecule has 2 aliphatic heterocycles. The molecule has 164 valence electrons. The van der Waals surface area contributed by atoms with Crippen molar-refractivity contribution in [1.82, 2.24) is 15.2 Å². The Bertz CT molecular complexity index is 1130. The monoisotopic (exact) mass is 426 g/mol. The van der Waals surface area contributed by atoms with Gasteiger partial charge in [-0.15, -0.1) is 0 Å². The number of carbonyl (C=O) groups excluding carboxylic acids is 1. The van der Waals surface area contributed by atoms with Crippen molar-refractivity contribution in [1.29, 1.82) is 0 Å². The van der Waals surface area contributed by atoms with Gasteiger partial charge in [-0.25, -0.2) is 9.78 Å². The van der Waals surface area contributed by atoms with Crippen molar-refractivity contribution in [2.75, 3.05) is 31.1 Å². The summed E-state index contributed by atoms with van der Waals surface area (Å²) in [6.45, 7) is 5.26. The van der Waals surface area contributed by atoms with Crippen molar-refractivity contribution in [2.24, 2.45) is 0 Å². The quantitative estimate of drug-likeness (QED) is 0.640. The molecule has 3 aromatic rings. The number of nitrogens with one attached hydrogen (secondary N) is 1. The molecule has 0 saturated carbocycles. The summed E-state index contributed by atoms with van der Waals surface area (Å²) in [5, 5.41) is 5.68. The van der Waals surface area contributed by atoms with E-state index in [1.54, 1.807) is 0 Å². The number of urea groups is 1. The SMILES string of the molecule is Cc1cccc2ccnc(N(C(=O)N3CC=C(c4ccccc4)CC3)C3CCCNC3)c12. The van der Waals surface area contributed by atoms with Crippen LogP contribution >= 0.6 is 0 Å². The van der Waals surface area contributed by atoms with Crippen LogP contribution in [0.15, 0.2) is 66.9 Å². The second kappa shape index (κ2) is 9.13. The minimum absolute atomic E-state index is 0.0605. The molecule has 0 aliphatic carbocycles. The molecule has 1 saturated heterocycles. The van der Waals surface area contributed by atoms with Crippen molar-refractivity contribution in [2.45, 2.75) is 32.2 Å². The minimum atomic E-state index is 0.0605. The Morgan fingerprint density at radius 2 is 2.00 bits per heavy atom. The fraction of sp³-hybridized carbons (Fsp3) is 0.333. The lowest BCUT2D eigenvalue weighted by Gasteiger charge is -2.38. The maximum Gasteiger partial charge on any atom is 0.326 e. The lowest BCUT2D eigenvalue weighted by atomic mass is 9.99. The van der Waals surface area contributed by atoms with E-state index in [1.165, 1.54) is 11.1 Å². The highest BCUT2D eigenvalue weighted by atomic mass is 16.2. The molecule has 1 unspecified atom stereocenters. The predicted octanol–water partition coefficient (Wildman–Crippen LogP) is 5.01. The fourth-order valence-corrected chi connectivity index (χ4v) is 4.95. The molecule has 5 nitrogen and oxygen atoms in total. The molecule has 1 atom stereocenters. The number of carbonyl (C=O) groups is 1. The summed E-state index contributed by atoms with van der Waals surface area (Å²) in [5.41, 5.74) is 3.72. The van der Waals surface area contributed by atoms with E-state index in [0.29, 0.717) is 6.54 Å². The van der Waals surface area contributed by atoms with E-state index < -0.39 is 0 Å². The van der Waals surface area contributed by atoms with E-state index in [9.17, 15) is 4.79 Å². The second-order valence-corrected chi connectivity index (χ2v) is 8.75. The molecule has 5 rings (SSSR count). The summed E-state index contributed by atoms with van der Waals surface area (Å²) in [6.07, 6.45) is 6.96. The van der Waals surface area contributed by atoms with Crippen molar-refractivity contribution in [3.63, 3.8) is 0 Å². The van der Waals surface area contributed by atoms with Crippen LogP contribution in [-0.4, -0.2) is 48.1 Å². The number of pyridine rings is 1. The van der Waals surface area contributed by atoms with Crippen LogP contribution in [0.4, 0.5) is 10.6 Å². The number of hydrogen-bond acceptors (Lipinski definition) is 3. The highest BCUT2D eigenvalue weighted by Crippen LogP contribution is 2.32. The number of fused-ring (bicyclic) bond motifs is 1. The Morgan fingerprint density at radius 3 is 2.75 bits per heavy atom. The second-order valence-electron chi connectivity index (χ2n) is 8.75. The molecule has 5 heteroatoms. The summed E-state index contributed by atoms with van der Waals surface area (Å²) in [4.78, 5) is 22.7. The van der Waals surface area contributed by atoms with Crippen molar-refractivity contribution >= 4 is 28.2 Å². The lowest BCUT2D eigenvalue weighted by Crippen LogP contribution is -2.54. The first-order valence-corrected chi connectivity index (χ1v) is 11.6. The van der Waals surface area contributed by atoms with Crippen LogP contribution in [0.3, 0.4) is 0 Å². The maximum atomic E-state index is 14.0. The van der Waals surface area contributed by atoms with Crippen molar-refractivity contribution in [3.8, 4) is 0 Å². The molecule has 32 heavy (non-hydrogen) atoms. The van der Waals surface area contributed by atoms with Gasteiger partial charge in [0, 0.05) is 31.2 Å². The average molecular weight is 427 g/mol. The van der Waals surface area contributed by atoms with E-state index in [4.69, 9.17) is 4.98 Å². The number of anilines is 1. The fourth-order valence-electron chi connectivity index (χ4n) is 4.95. The van der Waals surface area contributed by atoms with E-state index in [2.05, 4.69) is 60.8 Å². The van der Waals surface area contributed by atoms with Gasteiger partial charge < -0.3 is 10.2 Å². The van der Waals surface area contributed by atoms with Gasteiger partial charge >= 0.3 is 6.03 Å². The zero-order valence-corrected chi connectivity index (χ0v) is 18.6. The number of benzene rings is 2. The maximum absolute atomic E-state index is 14.0. The molecule has 2 aromatic carbocycles. The van der Waals surface area contributed by atoms with Crippen LogP contribution in [0, 0.1) is 6.92 Å². The van der Waals surface area contributed by atoms with Gasteiger partial charge in [-0.3, -0.25) is 4.90 Å². The van der Waals surface area contributed by atoms with E-state index in [0.717, 1.165) is 61.1 Å². The number of aryl methyl sites for hydroxylation is 1. The third-order valence-corrected chi connectivity index (χ3v) is 6.67. The Hall–Kier alpha value is -3.18. The third-order valence-electron chi connectivity index (χ3n) is 6.67. The molecule has 1 fully saturated rings. The van der Waals surface area contributed by atoms with Gasteiger partial charge in [-0.1, -0.05) is 54.6 Å². The van der Waals surface area contributed by atoms with Gasteiger partial charge in [0.05, 0.1) is 6.04 Å². The first-order valence-electron chi connectivity index (χ1n) is 11.6. The number of aromatic nitrogens is 1. The van der Waals surface area contributed by atoms with Crippen LogP contribution in [0.5, 0.6) is 0 Å². The largest absolute Gasteiger partial charge is 0.326 e. The topological polar surface area (TPSA) is 48.5 Å². The van der Waals surface area contributed by atoms with Crippen LogP contribution in [0.2, 0.25) is 0 Å². The first kappa shape index (κ1) is 20.7. The highest BCUT2D eigenvalue weighted by Gasteiger charge is 2.33. The number of amides is 2. The van der Waals surface area contributed by atoms with Crippen LogP contribution in [0.1, 0.15) is 30.4 Å². The molecule has 2 amide bonds. The summed E-state index contributed by atoms with van der Waals surface area (Å²) in [5.74, 6) is 0.789. The van der Waals surface area contributed by atoms with Gasteiger partial charge in [0.2, 0.25) is 0 Å². The minimum Gasteiger partial charge on any atom is -0.320 e. The average Bonchev–Trinajstić information content (AvgIpc) is 2.86. The molecule has 2 aliphatic rings. The smallest absolute Gasteiger partial charge is 0.320 e. The molecule has 3 heterocycles. The van der Waals surface area contributed by atoms with Crippen LogP contribution in [-0.2, 0) is 0 Å². The number of rotatable bonds is 3. The summed E-state index contributed by atoms with van der Waals surface area (Å²) in [7, 11) is 0. The van der Waals surface area contributed by atoms with Crippen molar-refractivity contribution in [3.05, 3.63) is 78.0 Å². The summed E-state index contributed by atoms with van der Waals surface area (Å²) in [6, 6.07) is 18.9. The van der Waals surface area contributed by atoms with Gasteiger partial charge in [-0.2, -0.15) is 0 Å². The Morgan fingerprint density at radius 1 is 1.12 bits per heavy atom. The van der Waals surface area contributed by atoms with Gasteiger partial charge in [0.15, 0.2) is 0 Å². The normalized spacial score (nSPS) is 19.0. The molecule has 1 aromatic heterocycles. The zero-order chi connectivity index (χ0) is 21.9. The molecule has 1 N–H and O–H groups in total. The number of nitrogens with zero attached hydrogens (tertiary/aromatic N) is 3. The van der Waals surface area contributed by atoms with E-state index in [1.807, 2.05) is 28.1 Å². The number of piperidine rings is 1. The Balaban J connectivity index is 1.49. The molecule has 0 spiro atoms. The zero-order valence-electron chi connectivity index (χ0n) is 18.6. The lowest BCUT2D eigenvalue weighted by molar-refractivity contribution is 0.205. The summed E-state index contributed by atoms with van der Waals surface area (Å²) >= 11 is 0. The third kappa shape index (κ3) is 4.00. The Kier molecular flexibility index (Phi) is 5.91. The van der Waals surface area contributed by atoms with E-state index >= 15 is 0 Å². The van der Waals surface area contributed by atoms with Gasteiger partial charge in [-0.05, 0) is 60.9 Å². The van der Waals surface area contributed by atoms with Crippen LogP contribution in [0.25, 0.3) is 16.3 Å². The molecular formula is C27H30N4O. The highest BCUT2D eigenvalue weighted by molar-refractivity contribution is 6.03. The van der Waals surface area contributed by atoms with E-state index in [-0.39, 0.29) is 12.1 Å². The standard InChI is InChI=1S/C27H30N4O/c1-20-7-5-10-23-12-16-29-26(25(20)23)31(24-11-6-15-28-19-24)27(32)30-17-13-22(14-18-30)21-8-3-2-4-9-21/h2-5,7-10,12-13,16,24,28H,6,11,14-15,17-19H2,1H3.